The molecule has 1 saturated heterocycles. The molecule has 1 heterocycles. The van der Waals surface area contributed by atoms with E-state index < -0.39 is 0 Å². The Hall–Kier alpha value is -0.120. The minimum Gasteiger partial charge on any atom is -0.318 e. The summed E-state index contributed by atoms with van der Waals surface area (Å²) >= 11 is 0. The maximum Gasteiger partial charge on any atom is 0.0244 e. The minimum atomic E-state index is 0.696. The van der Waals surface area contributed by atoms with Gasteiger partial charge in [-0.05, 0) is 18.9 Å². The summed E-state index contributed by atoms with van der Waals surface area (Å²) in [6, 6.07) is 0.696. The lowest BCUT2D eigenvalue weighted by Crippen LogP contribution is -2.54. The van der Waals surface area contributed by atoms with Gasteiger partial charge in [0.05, 0.1) is 0 Å². The molecule has 0 aromatic carbocycles. The normalized spacial score (nSPS) is 21.4. The summed E-state index contributed by atoms with van der Waals surface area (Å²) in [7, 11) is 2.06. The first-order valence-corrected chi connectivity index (χ1v) is 7.15. The standard InChI is InChI=1S/C14H31N3/c1-12(2)11-16-6-8-17(9-7-16)14(10-15-5)13(3)4/h12-15H,6-11H2,1-5H3. The number of piperazine rings is 1. The molecule has 0 saturated carbocycles. The summed E-state index contributed by atoms with van der Waals surface area (Å²) in [5.74, 6) is 1.53. The molecule has 1 fully saturated rings. The van der Waals surface area contributed by atoms with Crippen LogP contribution in [0.25, 0.3) is 0 Å². The second kappa shape index (κ2) is 7.34. The van der Waals surface area contributed by atoms with Crippen LogP contribution in [0.4, 0.5) is 0 Å². The maximum atomic E-state index is 3.33. The third-order valence-corrected chi connectivity index (χ3v) is 3.68. The number of hydrogen-bond donors (Lipinski definition) is 1. The molecule has 0 aliphatic carbocycles. The van der Waals surface area contributed by atoms with Crippen molar-refractivity contribution in [3.05, 3.63) is 0 Å². The van der Waals surface area contributed by atoms with Gasteiger partial charge in [-0.15, -0.1) is 0 Å². The fourth-order valence-corrected chi connectivity index (χ4v) is 2.79. The van der Waals surface area contributed by atoms with E-state index in [0.29, 0.717) is 6.04 Å². The van der Waals surface area contributed by atoms with Crippen LogP contribution >= 0.6 is 0 Å². The van der Waals surface area contributed by atoms with Gasteiger partial charge in [0.15, 0.2) is 0 Å². The molecule has 17 heavy (non-hydrogen) atoms. The number of nitrogens with one attached hydrogen (secondary N) is 1. The van der Waals surface area contributed by atoms with Gasteiger partial charge in [-0.2, -0.15) is 0 Å². The zero-order valence-electron chi connectivity index (χ0n) is 12.4. The van der Waals surface area contributed by atoms with Gasteiger partial charge in [0, 0.05) is 45.3 Å². The molecule has 1 aliphatic rings. The van der Waals surface area contributed by atoms with E-state index in [1.54, 1.807) is 0 Å². The highest BCUT2D eigenvalue weighted by molar-refractivity contribution is 4.81. The van der Waals surface area contributed by atoms with Crippen LogP contribution in [0.5, 0.6) is 0 Å². The first kappa shape index (κ1) is 14.9. The Labute approximate surface area is 108 Å². The van der Waals surface area contributed by atoms with E-state index in [9.17, 15) is 0 Å². The van der Waals surface area contributed by atoms with Crippen molar-refractivity contribution in [3.8, 4) is 0 Å². The molecule has 1 atom stereocenters. The van der Waals surface area contributed by atoms with E-state index in [2.05, 4.69) is 49.9 Å². The van der Waals surface area contributed by atoms with Crippen LogP contribution in [0.3, 0.4) is 0 Å². The van der Waals surface area contributed by atoms with Gasteiger partial charge in [-0.25, -0.2) is 0 Å². The van der Waals surface area contributed by atoms with Crippen LogP contribution in [0.15, 0.2) is 0 Å². The zero-order chi connectivity index (χ0) is 12.8. The Kier molecular flexibility index (Phi) is 6.45. The van der Waals surface area contributed by atoms with Crippen LogP contribution in [0, 0.1) is 11.8 Å². The molecule has 1 rings (SSSR count). The largest absolute Gasteiger partial charge is 0.318 e. The average molecular weight is 241 g/mol. The SMILES string of the molecule is CNCC(C(C)C)N1CCN(CC(C)C)CC1. The van der Waals surface area contributed by atoms with Crippen LogP contribution in [0.1, 0.15) is 27.7 Å². The van der Waals surface area contributed by atoms with Gasteiger partial charge in [-0.1, -0.05) is 27.7 Å². The van der Waals surface area contributed by atoms with Crippen molar-refractivity contribution in [1.29, 1.82) is 0 Å². The molecule has 1 N–H and O–H groups in total. The summed E-state index contributed by atoms with van der Waals surface area (Å²) in [6.07, 6.45) is 0. The van der Waals surface area contributed by atoms with Crippen molar-refractivity contribution in [1.82, 2.24) is 15.1 Å². The minimum absolute atomic E-state index is 0.696. The molecule has 0 aromatic heterocycles. The molecule has 0 aromatic rings. The van der Waals surface area contributed by atoms with Gasteiger partial charge in [0.25, 0.3) is 0 Å². The maximum absolute atomic E-state index is 3.33. The fraction of sp³-hybridized carbons (Fsp3) is 1.00. The Balaban J connectivity index is 2.38. The lowest BCUT2D eigenvalue weighted by molar-refractivity contribution is 0.0712. The first-order chi connectivity index (χ1) is 8.04. The van der Waals surface area contributed by atoms with E-state index >= 15 is 0 Å². The summed E-state index contributed by atoms with van der Waals surface area (Å²) in [6.45, 7) is 16.6. The zero-order valence-corrected chi connectivity index (χ0v) is 12.4. The summed E-state index contributed by atoms with van der Waals surface area (Å²) in [4.78, 5) is 5.27. The lowest BCUT2D eigenvalue weighted by atomic mass is 10.0. The van der Waals surface area contributed by atoms with Gasteiger partial charge in [0.2, 0.25) is 0 Å². The summed E-state index contributed by atoms with van der Waals surface area (Å²) in [5, 5.41) is 3.33. The van der Waals surface area contributed by atoms with E-state index in [-0.39, 0.29) is 0 Å². The highest BCUT2D eigenvalue weighted by Crippen LogP contribution is 2.14. The molecule has 1 aliphatic heterocycles. The molecule has 0 amide bonds. The highest BCUT2D eigenvalue weighted by atomic mass is 15.3. The molecule has 1 unspecified atom stereocenters. The van der Waals surface area contributed by atoms with Gasteiger partial charge < -0.3 is 10.2 Å². The first-order valence-electron chi connectivity index (χ1n) is 7.15. The Bertz CT molecular complexity index is 196. The van der Waals surface area contributed by atoms with Gasteiger partial charge >= 0.3 is 0 Å². The third-order valence-electron chi connectivity index (χ3n) is 3.68. The third kappa shape index (κ3) is 4.94. The second-order valence-corrected chi connectivity index (χ2v) is 6.10. The summed E-state index contributed by atoms with van der Waals surface area (Å²) in [5.41, 5.74) is 0. The van der Waals surface area contributed by atoms with Gasteiger partial charge in [-0.3, -0.25) is 4.90 Å². The van der Waals surface area contributed by atoms with Crippen molar-refractivity contribution < 1.29 is 0 Å². The van der Waals surface area contributed by atoms with Crippen molar-refractivity contribution in [3.63, 3.8) is 0 Å². The van der Waals surface area contributed by atoms with E-state index in [1.165, 1.54) is 32.7 Å². The predicted molar refractivity (Wildman–Crippen MR) is 75.4 cm³/mol. The van der Waals surface area contributed by atoms with Crippen LogP contribution in [-0.4, -0.2) is 62.2 Å². The Morgan fingerprint density at radius 3 is 2.00 bits per heavy atom. The number of likely N-dealkylation sites (N-methyl/N-ethyl adjacent to an activating group) is 1. The Morgan fingerprint density at radius 1 is 1.00 bits per heavy atom. The number of rotatable bonds is 6. The number of nitrogens with zero attached hydrogens (tertiary/aromatic N) is 2. The topological polar surface area (TPSA) is 18.5 Å². The molecule has 102 valence electrons. The van der Waals surface area contributed by atoms with Crippen LogP contribution in [-0.2, 0) is 0 Å². The van der Waals surface area contributed by atoms with Crippen molar-refractivity contribution in [2.24, 2.45) is 11.8 Å². The molecular formula is C14H31N3. The molecule has 0 bridgehead atoms. The van der Waals surface area contributed by atoms with Crippen molar-refractivity contribution >= 4 is 0 Å². The van der Waals surface area contributed by atoms with E-state index in [1.807, 2.05) is 0 Å². The van der Waals surface area contributed by atoms with Crippen LogP contribution < -0.4 is 5.32 Å². The van der Waals surface area contributed by atoms with E-state index in [0.717, 1.165) is 18.4 Å². The highest BCUT2D eigenvalue weighted by Gasteiger charge is 2.25. The molecule has 3 nitrogen and oxygen atoms in total. The quantitative estimate of drug-likeness (QED) is 0.760. The average Bonchev–Trinajstić information content (AvgIpc) is 2.26. The molecule has 0 spiro atoms. The predicted octanol–water partition coefficient (Wildman–Crippen LogP) is 1.50. The van der Waals surface area contributed by atoms with E-state index in [4.69, 9.17) is 0 Å². The van der Waals surface area contributed by atoms with Gasteiger partial charge in [0.1, 0.15) is 0 Å². The molecule has 0 radical (unpaired) electrons. The Morgan fingerprint density at radius 2 is 1.59 bits per heavy atom. The summed E-state index contributed by atoms with van der Waals surface area (Å²) < 4.78 is 0. The van der Waals surface area contributed by atoms with Crippen LogP contribution in [0.2, 0.25) is 0 Å². The fourth-order valence-electron chi connectivity index (χ4n) is 2.79. The second-order valence-electron chi connectivity index (χ2n) is 6.10. The monoisotopic (exact) mass is 241 g/mol. The lowest BCUT2D eigenvalue weighted by Gasteiger charge is -2.41. The van der Waals surface area contributed by atoms with Crippen molar-refractivity contribution in [2.75, 3.05) is 46.3 Å². The molecular weight excluding hydrogens is 210 g/mol. The van der Waals surface area contributed by atoms with Crippen molar-refractivity contribution in [2.45, 2.75) is 33.7 Å². The molecule has 3 heteroatoms. The number of hydrogen-bond acceptors (Lipinski definition) is 3. The smallest absolute Gasteiger partial charge is 0.0244 e.